The van der Waals surface area contributed by atoms with E-state index >= 15 is 0 Å². The summed E-state index contributed by atoms with van der Waals surface area (Å²) < 4.78 is 13.9. The van der Waals surface area contributed by atoms with Crippen molar-refractivity contribution in [2.24, 2.45) is 7.05 Å². The maximum atomic E-state index is 12.8. The summed E-state index contributed by atoms with van der Waals surface area (Å²) in [5, 5.41) is 3.21. The van der Waals surface area contributed by atoms with Gasteiger partial charge in [-0.1, -0.05) is 6.07 Å². The molecule has 0 amide bonds. The lowest BCUT2D eigenvalue weighted by atomic mass is 9.80. The van der Waals surface area contributed by atoms with Crippen LogP contribution in [0.1, 0.15) is 27.7 Å². The Morgan fingerprint density at radius 2 is 1.68 bits per heavy atom. The molecule has 0 aromatic carbocycles. The molecule has 2 aromatic rings. The van der Waals surface area contributed by atoms with Gasteiger partial charge >= 0.3 is 7.12 Å². The Morgan fingerprint density at radius 1 is 1.03 bits per heavy atom. The molecule has 0 atom stereocenters. The molecule has 0 radical (unpaired) electrons. The fourth-order valence-electron chi connectivity index (χ4n) is 3.78. The van der Waals surface area contributed by atoms with Crippen LogP contribution in [0.2, 0.25) is 0 Å². The lowest BCUT2D eigenvalue weighted by Crippen LogP contribution is -2.44. The summed E-state index contributed by atoms with van der Waals surface area (Å²) in [7, 11) is 3.32. The molecule has 8 nitrogen and oxygen atoms in total. The van der Waals surface area contributed by atoms with E-state index in [1.54, 1.807) is 23.9 Å². The minimum absolute atomic E-state index is 0.132. The van der Waals surface area contributed by atoms with Gasteiger partial charge in [-0.05, 0) is 52.9 Å². The number of hydrogen-bond acceptors (Lipinski definition) is 7. The van der Waals surface area contributed by atoms with E-state index in [0.29, 0.717) is 11.5 Å². The van der Waals surface area contributed by atoms with Crippen LogP contribution in [0.3, 0.4) is 0 Å². The maximum Gasteiger partial charge on any atom is 0.496 e. The van der Waals surface area contributed by atoms with Crippen LogP contribution >= 0.6 is 0 Å². The number of likely N-dealkylation sites (N-methyl/N-ethyl adjacent to an activating group) is 1. The Hall–Kier alpha value is -2.36. The summed E-state index contributed by atoms with van der Waals surface area (Å²) in [4.78, 5) is 22.1. The van der Waals surface area contributed by atoms with Gasteiger partial charge in [-0.25, -0.2) is 4.98 Å². The number of aryl methyl sites for hydroxylation is 1. The van der Waals surface area contributed by atoms with Gasteiger partial charge in [0.1, 0.15) is 17.3 Å². The van der Waals surface area contributed by atoms with Crippen molar-refractivity contribution in [2.75, 3.05) is 43.4 Å². The van der Waals surface area contributed by atoms with Crippen molar-refractivity contribution < 1.29 is 9.31 Å². The quantitative estimate of drug-likeness (QED) is 0.746. The number of aromatic nitrogens is 2. The van der Waals surface area contributed by atoms with Crippen LogP contribution in [0, 0.1) is 0 Å². The lowest BCUT2D eigenvalue weighted by molar-refractivity contribution is 0.00578. The molecule has 9 heteroatoms. The average Bonchev–Trinajstić information content (AvgIpc) is 2.93. The van der Waals surface area contributed by atoms with Crippen molar-refractivity contribution in [2.45, 2.75) is 38.9 Å². The van der Waals surface area contributed by atoms with Crippen LogP contribution in [0.4, 0.5) is 17.3 Å². The predicted molar refractivity (Wildman–Crippen MR) is 125 cm³/mol. The van der Waals surface area contributed by atoms with Crippen molar-refractivity contribution in [1.82, 2.24) is 14.5 Å². The van der Waals surface area contributed by atoms with E-state index in [9.17, 15) is 4.79 Å². The van der Waals surface area contributed by atoms with E-state index < -0.39 is 18.3 Å². The zero-order chi connectivity index (χ0) is 22.4. The van der Waals surface area contributed by atoms with E-state index in [1.165, 1.54) is 0 Å². The van der Waals surface area contributed by atoms with Crippen molar-refractivity contribution in [1.29, 1.82) is 0 Å². The average molecular weight is 425 g/mol. The molecule has 0 aliphatic carbocycles. The third kappa shape index (κ3) is 4.35. The SMILES string of the molecule is CN1CCN(c2cccc(Nc3cc(B4OC(C)(C)C(C)(C)O4)cn(C)c3=O)n2)CC1. The third-order valence-electron chi connectivity index (χ3n) is 6.55. The highest BCUT2D eigenvalue weighted by Crippen LogP contribution is 2.36. The molecule has 0 unspecified atom stereocenters. The molecule has 2 fully saturated rings. The van der Waals surface area contributed by atoms with Gasteiger partial charge in [0.05, 0.1) is 11.2 Å². The van der Waals surface area contributed by atoms with Crippen LogP contribution in [-0.4, -0.2) is 66.0 Å². The second-order valence-electron chi connectivity index (χ2n) is 9.49. The number of pyridine rings is 2. The summed E-state index contributed by atoms with van der Waals surface area (Å²) in [5.41, 5.74) is 0.208. The predicted octanol–water partition coefficient (Wildman–Crippen LogP) is 1.57. The summed E-state index contributed by atoms with van der Waals surface area (Å²) in [6, 6.07) is 7.65. The molecule has 0 saturated carbocycles. The fraction of sp³-hybridized carbons (Fsp3) is 0.545. The number of piperazine rings is 1. The van der Waals surface area contributed by atoms with Gasteiger partial charge in [0.25, 0.3) is 5.56 Å². The van der Waals surface area contributed by atoms with Crippen LogP contribution < -0.4 is 21.2 Å². The van der Waals surface area contributed by atoms with Crippen molar-refractivity contribution in [3.63, 3.8) is 0 Å². The number of rotatable bonds is 4. The number of nitrogens with one attached hydrogen (secondary N) is 1. The van der Waals surface area contributed by atoms with Crippen LogP contribution in [0.25, 0.3) is 0 Å². The van der Waals surface area contributed by atoms with E-state index in [2.05, 4.69) is 22.2 Å². The molecule has 2 aliphatic rings. The highest BCUT2D eigenvalue weighted by Gasteiger charge is 2.52. The highest BCUT2D eigenvalue weighted by atomic mass is 16.7. The van der Waals surface area contributed by atoms with Gasteiger partial charge in [-0.3, -0.25) is 4.79 Å². The van der Waals surface area contributed by atoms with Crippen molar-refractivity contribution in [3.8, 4) is 0 Å². The molecular formula is C22H32BN5O3. The molecular weight excluding hydrogens is 393 g/mol. The van der Waals surface area contributed by atoms with E-state index in [0.717, 1.165) is 37.5 Å². The molecule has 2 aromatic heterocycles. The minimum Gasteiger partial charge on any atom is -0.399 e. The first kappa shape index (κ1) is 21.9. The largest absolute Gasteiger partial charge is 0.496 e. The molecule has 4 heterocycles. The molecule has 2 saturated heterocycles. The lowest BCUT2D eigenvalue weighted by Gasteiger charge is -2.33. The van der Waals surface area contributed by atoms with Crippen LogP contribution in [0.5, 0.6) is 0 Å². The minimum atomic E-state index is -0.540. The van der Waals surface area contributed by atoms with E-state index in [1.807, 2.05) is 45.9 Å². The van der Waals surface area contributed by atoms with Crippen LogP contribution in [0.15, 0.2) is 35.3 Å². The second kappa shape index (κ2) is 7.96. The van der Waals surface area contributed by atoms with Gasteiger partial charge in [0, 0.05) is 44.9 Å². The molecule has 0 spiro atoms. The Bertz CT molecular complexity index is 998. The standard InChI is InChI=1S/C22H32BN5O3/c1-21(2)22(3,4)31-23(30-21)16-14-17(20(29)27(6)15-16)24-18-8-7-9-19(25-18)28-12-10-26(5)11-13-28/h7-9,14-15H,10-13H2,1-6H3,(H,24,25). The highest BCUT2D eigenvalue weighted by molar-refractivity contribution is 6.62. The number of hydrogen-bond donors (Lipinski definition) is 1. The van der Waals surface area contributed by atoms with Gasteiger partial charge < -0.3 is 29.0 Å². The van der Waals surface area contributed by atoms with Crippen molar-refractivity contribution >= 4 is 29.9 Å². The van der Waals surface area contributed by atoms with E-state index in [4.69, 9.17) is 14.3 Å². The Labute approximate surface area is 184 Å². The van der Waals surface area contributed by atoms with Gasteiger partial charge in [-0.2, -0.15) is 0 Å². The summed E-state index contributed by atoms with van der Waals surface area (Å²) in [6.45, 7) is 12.0. The normalized spacial score (nSPS) is 20.8. The monoisotopic (exact) mass is 425 g/mol. The first-order valence-corrected chi connectivity index (χ1v) is 10.8. The third-order valence-corrected chi connectivity index (χ3v) is 6.55. The molecule has 166 valence electrons. The first-order valence-electron chi connectivity index (χ1n) is 10.8. The van der Waals surface area contributed by atoms with Gasteiger partial charge in [0.2, 0.25) is 0 Å². The summed E-state index contributed by atoms with van der Waals surface area (Å²) in [5.74, 6) is 1.55. The zero-order valence-electron chi connectivity index (χ0n) is 19.3. The van der Waals surface area contributed by atoms with Gasteiger partial charge in [-0.15, -0.1) is 0 Å². The second-order valence-corrected chi connectivity index (χ2v) is 9.49. The Kier molecular flexibility index (Phi) is 5.62. The number of anilines is 3. The summed E-state index contributed by atoms with van der Waals surface area (Å²) >= 11 is 0. The molecule has 2 aliphatic heterocycles. The van der Waals surface area contributed by atoms with Crippen LogP contribution in [-0.2, 0) is 16.4 Å². The Morgan fingerprint density at radius 3 is 2.32 bits per heavy atom. The maximum absolute atomic E-state index is 12.8. The van der Waals surface area contributed by atoms with E-state index in [-0.39, 0.29) is 5.56 Å². The zero-order valence-corrected chi connectivity index (χ0v) is 19.3. The fourth-order valence-corrected chi connectivity index (χ4v) is 3.78. The molecule has 4 rings (SSSR count). The smallest absolute Gasteiger partial charge is 0.399 e. The summed E-state index contributed by atoms with van der Waals surface area (Å²) in [6.07, 6.45) is 1.77. The molecule has 1 N–H and O–H groups in total. The van der Waals surface area contributed by atoms with Crippen molar-refractivity contribution in [3.05, 3.63) is 40.8 Å². The first-order chi connectivity index (χ1) is 14.6. The molecule has 31 heavy (non-hydrogen) atoms. The number of nitrogens with zero attached hydrogens (tertiary/aromatic N) is 4. The van der Waals surface area contributed by atoms with Gasteiger partial charge in [0.15, 0.2) is 0 Å². The topological polar surface area (TPSA) is 71.9 Å². The molecule has 0 bridgehead atoms. The Balaban J connectivity index is 1.58.